The Balaban J connectivity index is 0.000000234. The van der Waals surface area contributed by atoms with E-state index in [2.05, 4.69) is 9.97 Å². The lowest BCUT2D eigenvalue weighted by atomic mass is 10.5. The fourth-order valence-electron chi connectivity index (χ4n) is 2.75. The molecule has 0 saturated carbocycles. The van der Waals surface area contributed by atoms with Gasteiger partial charge in [-0.05, 0) is 0 Å². The number of nitrogens with zero attached hydrogens (tertiary/aromatic N) is 4. The molecule has 2 fully saturated rings. The van der Waals surface area contributed by atoms with Crippen molar-refractivity contribution in [3.8, 4) is 0 Å². The molecule has 190 valence electrons. The van der Waals surface area contributed by atoms with Crippen molar-refractivity contribution in [1.29, 1.82) is 0 Å². The first-order chi connectivity index (χ1) is 15.8. The molecule has 2 aliphatic heterocycles. The van der Waals surface area contributed by atoms with E-state index in [0.717, 1.165) is 21.5 Å². The van der Waals surface area contributed by atoms with Crippen LogP contribution in [0, 0.1) is 11.6 Å². The number of aromatic nitrogens is 4. The van der Waals surface area contributed by atoms with Crippen LogP contribution >= 0.6 is 47.7 Å². The third-order valence-corrected chi connectivity index (χ3v) is 6.71. The van der Waals surface area contributed by atoms with Gasteiger partial charge in [-0.25, -0.2) is 18.4 Å². The SMILES string of the molecule is Cl.Nc1nc(=O)n(C2CS[C@H](CO)O2)cc1F.O=c1nc(NCl)c(F)cn1C1CS[C@H](CO)O1. The third kappa shape index (κ3) is 6.72. The number of nitrogens with two attached hydrogens (primary N) is 1. The number of hydrogen-bond acceptors (Lipinski definition) is 12. The van der Waals surface area contributed by atoms with E-state index >= 15 is 0 Å². The van der Waals surface area contributed by atoms with Gasteiger partial charge in [-0.2, -0.15) is 9.97 Å². The fraction of sp³-hybridized carbons (Fsp3) is 0.500. The molecule has 0 radical (unpaired) electrons. The summed E-state index contributed by atoms with van der Waals surface area (Å²) in [5, 5.41) is 17.7. The van der Waals surface area contributed by atoms with Gasteiger partial charge in [0.05, 0.1) is 25.6 Å². The van der Waals surface area contributed by atoms with E-state index in [1.807, 2.05) is 4.84 Å². The molecule has 18 heteroatoms. The molecule has 2 aliphatic rings. The normalized spacial score (nSPS) is 23.7. The number of halogens is 4. The molecule has 0 amide bonds. The predicted molar refractivity (Wildman–Crippen MR) is 125 cm³/mol. The molecule has 0 aromatic carbocycles. The lowest BCUT2D eigenvalue weighted by molar-refractivity contribution is -0.00681. The number of thioether (sulfide) groups is 2. The first-order valence-electron chi connectivity index (χ1n) is 9.22. The molecule has 0 aliphatic carbocycles. The largest absolute Gasteiger partial charge is 0.393 e. The van der Waals surface area contributed by atoms with Crippen molar-refractivity contribution < 1.29 is 28.5 Å². The standard InChI is InChI=1S/C8H9ClFN3O3S.C8H10FN3O3S.ClH/c9-12-7-4(10)1-13(8(15)11-7)5-3-17-6(2-14)16-5;9-4-1-12(8(14)11-7(4)10)5-3-16-6(2-13)15-5;/h1,5-6,14H,2-3H2,(H,11,12,15);1,5-6,13H,2-3H2,(H2,10,11,14);1H/t2*5?,6-;/m11./s1. The van der Waals surface area contributed by atoms with Crippen LogP contribution in [0.25, 0.3) is 0 Å². The minimum absolute atomic E-state index is 0. The van der Waals surface area contributed by atoms with E-state index in [0.29, 0.717) is 11.5 Å². The van der Waals surface area contributed by atoms with Gasteiger partial charge in [-0.3, -0.25) is 14.0 Å². The number of nitrogen functional groups attached to an aromatic ring is 1. The van der Waals surface area contributed by atoms with E-state index in [9.17, 15) is 18.4 Å². The van der Waals surface area contributed by atoms with E-state index in [1.54, 1.807) is 0 Å². The van der Waals surface area contributed by atoms with Crippen molar-refractivity contribution in [2.75, 3.05) is 35.3 Å². The molecule has 4 heterocycles. The zero-order valence-corrected chi connectivity index (χ0v) is 20.3. The summed E-state index contributed by atoms with van der Waals surface area (Å²) in [5.41, 5.74) is 3.03. The van der Waals surface area contributed by atoms with Crippen LogP contribution in [-0.4, -0.2) is 64.9 Å². The molecule has 4 atom stereocenters. The zero-order chi connectivity index (χ0) is 24.1. The number of rotatable bonds is 5. The number of ether oxygens (including phenoxy) is 2. The monoisotopic (exact) mass is 564 g/mol. The fourth-order valence-corrected chi connectivity index (χ4v) is 4.75. The summed E-state index contributed by atoms with van der Waals surface area (Å²) < 4.78 is 39.2. The zero-order valence-electron chi connectivity index (χ0n) is 17.0. The molecular weight excluding hydrogens is 545 g/mol. The summed E-state index contributed by atoms with van der Waals surface area (Å²) in [4.78, 5) is 31.7. The van der Waals surface area contributed by atoms with Gasteiger partial charge in [0.1, 0.15) is 23.3 Å². The van der Waals surface area contributed by atoms with E-state index < -0.39 is 52.2 Å². The molecule has 0 bridgehead atoms. The Bertz CT molecular complexity index is 1100. The van der Waals surface area contributed by atoms with Gasteiger partial charge in [-0.15, -0.1) is 35.9 Å². The van der Waals surface area contributed by atoms with Gasteiger partial charge >= 0.3 is 11.4 Å². The molecule has 34 heavy (non-hydrogen) atoms. The Kier molecular flexibility index (Phi) is 10.8. The quantitative estimate of drug-likeness (QED) is 0.371. The summed E-state index contributed by atoms with van der Waals surface area (Å²) in [6.45, 7) is -0.312. The summed E-state index contributed by atoms with van der Waals surface area (Å²) in [6.07, 6.45) is 0.703. The number of anilines is 2. The molecular formula is C16H20Cl2F2N6O6S2. The maximum Gasteiger partial charge on any atom is 0.351 e. The molecule has 12 nitrogen and oxygen atoms in total. The minimum atomic E-state index is -0.763. The Morgan fingerprint density at radius 1 is 1.03 bits per heavy atom. The van der Waals surface area contributed by atoms with Crippen molar-refractivity contribution >= 4 is 59.3 Å². The predicted octanol–water partition coefficient (Wildman–Crippen LogP) is 0.495. The topological polar surface area (TPSA) is 167 Å². The van der Waals surface area contributed by atoms with Gasteiger partial charge < -0.3 is 25.4 Å². The molecule has 5 N–H and O–H groups in total. The lowest BCUT2D eigenvalue weighted by Gasteiger charge is -2.14. The first-order valence-corrected chi connectivity index (χ1v) is 11.7. The molecule has 2 unspecified atom stereocenters. The van der Waals surface area contributed by atoms with Crippen molar-refractivity contribution in [3.63, 3.8) is 0 Å². The van der Waals surface area contributed by atoms with Crippen LogP contribution in [0.3, 0.4) is 0 Å². The van der Waals surface area contributed by atoms with Crippen LogP contribution in [0.1, 0.15) is 12.5 Å². The molecule has 0 spiro atoms. The highest BCUT2D eigenvalue weighted by Gasteiger charge is 2.29. The summed E-state index contributed by atoms with van der Waals surface area (Å²) in [6, 6.07) is 0. The van der Waals surface area contributed by atoms with Gasteiger partial charge in [0, 0.05) is 23.3 Å². The van der Waals surface area contributed by atoms with Crippen LogP contribution in [0.4, 0.5) is 20.4 Å². The second-order valence-corrected chi connectivity index (χ2v) is 9.03. The Labute approximate surface area is 210 Å². The van der Waals surface area contributed by atoms with Crippen LogP contribution < -0.4 is 21.9 Å². The maximum absolute atomic E-state index is 13.4. The third-order valence-electron chi connectivity index (χ3n) is 4.32. The van der Waals surface area contributed by atoms with Crippen molar-refractivity contribution in [2.24, 2.45) is 0 Å². The van der Waals surface area contributed by atoms with Gasteiger partial charge in [0.15, 0.2) is 23.3 Å². The maximum atomic E-state index is 13.4. The second-order valence-electron chi connectivity index (χ2n) is 6.46. The highest BCUT2D eigenvalue weighted by atomic mass is 35.5. The smallest absolute Gasteiger partial charge is 0.351 e. The highest BCUT2D eigenvalue weighted by molar-refractivity contribution is 8.00. The van der Waals surface area contributed by atoms with Crippen LogP contribution in [-0.2, 0) is 9.47 Å². The Hall–Kier alpha value is -1.66. The van der Waals surface area contributed by atoms with Gasteiger partial charge in [0.25, 0.3) is 0 Å². The lowest BCUT2D eigenvalue weighted by Crippen LogP contribution is -2.29. The van der Waals surface area contributed by atoms with Crippen molar-refractivity contribution in [2.45, 2.75) is 23.3 Å². The average Bonchev–Trinajstić information content (AvgIpc) is 3.47. The van der Waals surface area contributed by atoms with Crippen LogP contribution in [0.15, 0.2) is 22.0 Å². The van der Waals surface area contributed by atoms with Gasteiger partial charge in [0.2, 0.25) is 0 Å². The van der Waals surface area contributed by atoms with Gasteiger partial charge in [-0.1, -0.05) is 0 Å². The average molecular weight is 565 g/mol. The molecule has 4 rings (SSSR count). The van der Waals surface area contributed by atoms with Crippen molar-refractivity contribution in [3.05, 3.63) is 45.0 Å². The Morgan fingerprint density at radius 2 is 1.50 bits per heavy atom. The molecule has 2 saturated heterocycles. The van der Waals surface area contributed by atoms with Crippen LogP contribution in [0.5, 0.6) is 0 Å². The van der Waals surface area contributed by atoms with E-state index in [4.69, 9.17) is 37.2 Å². The first kappa shape index (κ1) is 28.6. The number of nitrogens with one attached hydrogen (secondary N) is 1. The Morgan fingerprint density at radius 3 is 1.94 bits per heavy atom. The summed E-state index contributed by atoms with van der Waals surface area (Å²) in [5.74, 6) is -1.36. The number of aliphatic hydroxyl groups excluding tert-OH is 2. The molecule has 2 aromatic heterocycles. The molecule has 2 aromatic rings. The summed E-state index contributed by atoms with van der Waals surface area (Å²) >= 11 is 7.89. The number of aliphatic hydroxyl groups is 2. The minimum Gasteiger partial charge on any atom is -0.393 e. The highest BCUT2D eigenvalue weighted by Crippen LogP contribution is 2.31. The van der Waals surface area contributed by atoms with E-state index in [-0.39, 0.29) is 31.4 Å². The van der Waals surface area contributed by atoms with E-state index in [1.165, 1.54) is 23.5 Å². The number of hydrogen-bond donors (Lipinski definition) is 4. The van der Waals surface area contributed by atoms with Crippen LogP contribution in [0.2, 0.25) is 0 Å². The van der Waals surface area contributed by atoms with Crippen molar-refractivity contribution in [1.82, 2.24) is 19.1 Å². The summed E-state index contributed by atoms with van der Waals surface area (Å²) in [7, 11) is 0. The second kappa shape index (κ2) is 12.9.